The lowest BCUT2D eigenvalue weighted by Crippen LogP contribution is -2.55. The van der Waals surface area contributed by atoms with Gasteiger partial charge in [0.05, 0.1) is 18.8 Å². The fraction of sp³-hybridized carbons (Fsp3) is 0.474. The molecule has 2 heterocycles. The first-order valence-electron chi connectivity index (χ1n) is 9.51. The van der Waals surface area contributed by atoms with Crippen LogP contribution in [-0.4, -0.2) is 68.7 Å². The van der Waals surface area contributed by atoms with Crippen LogP contribution in [0.2, 0.25) is 0 Å². The van der Waals surface area contributed by atoms with E-state index in [1.807, 2.05) is 30.0 Å². The van der Waals surface area contributed by atoms with E-state index in [1.165, 1.54) is 6.33 Å². The van der Waals surface area contributed by atoms with Gasteiger partial charge in [0.1, 0.15) is 12.7 Å². The van der Waals surface area contributed by atoms with Crippen molar-refractivity contribution in [2.24, 2.45) is 4.99 Å². The summed E-state index contributed by atoms with van der Waals surface area (Å²) in [5.74, 6) is 1.01. The summed E-state index contributed by atoms with van der Waals surface area (Å²) >= 11 is 0. The summed E-state index contributed by atoms with van der Waals surface area (Å²) < 4.78 is 1.73. The van der Waals surface area contributed by atoms with Gasteiger partial charge in [-0.25, -0.2) is 14.7 Å². The molecule has 1 aliphatic heterocycles. The first-order valence-corrected chi connectivity index (χ1v) is 9.51. The van der Waals surface area contributed by atoms with E-state index in [0.29, 0.717) is 19.1 Å². The topological polar surface area (TPSA) is 78.7 Å². The van der Waals surface area contributed by atoms with Crippen molar-refractivity contribution in [1.29, 1.82) is 0 Å². The molecular formula is C19H25N7O. The molecule has 1 aromatic carbocycles. The van der Waals surface area contributed by atoms with E-state index in [9.17, 15) is 4.79 Å². The minimum absolute atomic E-state index is 0.211. The van der Waals surface area contributed by atoms with Crippen molar-refractivity contribution in [1.82, 2.24) is 29.9 Å². The average molecular weight is 367 g/mol. The molecule has 27 heavy (non-hydrogen) atoms. The van der Waals surface area contributed by atoms with Gasteiger partial charge in [-0.2, -0.15) is 5.10 Å². The number of rotatable bonds is 5. The molecule has 0 spiro atoms. The molecule has 1 N–H and O–H groups in total. The van der Waals surface area contributed by atoms with Crippen molar-refractivity contribution >= 4 is 11.9 Å². The zero-order valence-corrected chi connectivity index (χ0v) is 15.6. The number of nitrogens with one attached hydrogen (secondary N) is 1. The van der Waals surface area contributed by atoms with Crippen LogP contribution in [-0.2, 0) is 11.3 Å². The van der Waals surface area contributed by atoms with Crippen LogP contribution in [0.5, 0.6) is 0 Å². The molecular weight excluding hydrogens is 342 g/mol. The summed E-state index contributed by atoms with van der Waals surface area (Å²) in [6.07, 6.45) is 5.51. The summed E-state index contributed by atoms with van der Waals surface area (Å²) in [7, 11) is 0. The van der Waals surface area contributed by atoms with E-state index in [2.05, 4.69) is 26.4 Å². The van der Waals surface area contributed by atoms with Crippen LogP contribution in [0.1, 0.15) is 25.3 Å². The lowest BCUT2D eigenvalue weighted by molar-refractivity contribution is -0.135. The van der Waals surface area contributed by atoms with Gasteiger partial charge in [0.25, 0.3) is 0 Å². The molecule has 2 aliphatic rings. The highest BCUT2D eigenvalue weighted by atomic mass is 16.2. The van der Waals surface area contributed by atoms with Gasteiger partial charge in [-0.1, -0.05) is 12.1 Å². The molecule has 2 fully saturated rings. The van der Waals surface area contributed by atoms with E-state index in [0.717, 1.165) is 49.7 Å². The average Bonchev–Trinajstić information content (AvgIpc) is 3.37. The van der Waals surface area contributed by atoms with Gasteiger partial charge in [0, 0.05) is 25.7 Å². The monoisotopic (exact) mass is 367 g/mol. The Labute approximate surface area is 158 Å². The smallest absolute Gasteiger partial charge is 0.242 e. The first kappa shape index (κ1) is 17.5. The Bertz CT molecular complexity index is 813. The van der Waals surface area contributed by atoms with Crippen molar-refractivity contribution in [3.8, 4) is 5.69 Å². The van der Waals surface area contributed by atoms with Gasteiger partial charge in [-0.15, -0.1) is 0 Å². The van der Waals surface area contributed by atoms with E-state index in [1.54, 1.807) is 11.0 Å². The summed E-state index contributed by atoms with van der Waals surface area (Å²) in [5.41, 5.74) is 2.04. The van der Waals surface area contributed by atoms with Gasteiger partial charge in [-0.3, -0.25) is 4.79 Å². The fourth-order valence-electron chi connectivity index (χ4n) is 3.37. The normalized spacial score (nSPS) is 18.1. The third kappa shape index (κ3) is 4.10. The summed E-state index contributed by atoms with van der Waals surface area (Å²) in [5, 5.41) is 7.49. The lowest BCUT2D eigenvalue weighted by atomic mass is 10.2. The van der Waals surface area contributed by atoms with Crippen LogP contribution < -0.4 is 5.32 Å². The number of hydrogen-bond donors (Lipinski definition) is 1. The Morgan fingerprint density at radius 1 is 1.33 bits per heavy atom. The molecule has 1 aromatic heterocycles. The molecule has 1 saturated carbocycles. The van der Waals surface area contributed by atoms with Crippen LogP contribution in [0, 0.1) is 0 Å². The van der Waals surface area contributed by atoms with E-state index in [-0.39, 0.29) is 5.91 Å². The fourth-order valence-corrected chi connectivity index (χ4v) is 3.37. The predicted molar refractivity (Wildman–Crippen MR) is 102 cm³/mol. The van der Waals surface area contributed by atoms with Crippen molar-refractivity contribution in [3.05, 3.63) is 42.5 Å². The number of piperazine rings is 1. The number of amides is 1. The van der Waals surface area contributed by atoms with Crippen molar-refractivity contribution in [2.75, 3.05) is 26.2 Å². The van der Waals surface area contributed by atoms with Crippen molar-refractivity contribution in [2.45, 2.75) is 32.4 Å². The second-order valence-electron chi connectivity index (χ2n) is 6.92. The highest BCUT2D eigenvalue weighted by Gasteiger charge is 2.36. The van der Waals surface area contributed by atoms with E-state index in [4.69, 9.17) is 4.99 Å². The van der Waals surface area contributed by atoms with Crippen LogP contribution in [0.25, 0.3) is 5.69 Å². The molecule has 8 heteroatoms. The van der Waals surface area contributed by atoms with Crippen molar-refractivity contribution in [3.63, 3.8) is 0 Å². The maximum absolute atomic E-state index is 12.4. The molecule has 0 bridgehead atoms. The number of aromatic nitrogens is 3. The van der Waals surface area contributed by atoms with Gasteiger partial charge >= 0.3 is 0 Å². The highest BCUT2D eigenvalue weighted by molar-refractivity contribution is 5.88. The van der Waals surface area contributed by atoms with Crippen LogP contribution >= 0.6 is 0 Å². The Morgan fingerprint density at radius 3 is 2.93 bits per heavy atom. The minimum atomic E-state index is 0.211. The summed E-state index contributed by atoms with van der Waals surface area (Å²) in [6.45, 7) is 5.38. The number of nitrogens with zero attached hydrogens (tertiary/aromatic N) is 6. The number of guanidine groups is 1. The zero-order valence-electron chi connectivity index (χ0n) is 15.6. The molecule has 0 radical (unpaired) electrons. The Balaban J connectivity index is 1.45. The number of hydrogen-bond acceptors (Lipinski definition) is 4. The highest BCUT2D eigenvalue weighted by Crippen LogP contribution is 2.28. The summed E-state index contributed by atoms with van der Waals surface area (Å²) in [4.78, 5) is 25.3. The third-order valence-corrected chi connectivity index (χ3v) is 4.88. The zero-order chi connectivity index (χ0) is 18.6. The molecule has 1 aliphatic carbocycles. The van der Waals surface area contributed by atoms with Gasteiger partial charge < -0.3 is 15.1 Å². The Kier molecular flexibility index (Phi) is 5.04. The van der Waals surface area contributed by atoms with Crippen LogP contribution in [0.4, 0.5) is 0 Å². The maximum atomic E-state index is 12.4. The van der Waals surface area contributed by atoms with Gasteiger partial charge in [0.2, 0.25) is 5.91 Å². The molecule has 8 nitrogen and oxygen atoms in total. The molecule has 0 atom stereocenters. The SMILES string of the molecule is CCNC(=NCc1cccc(-n2cncn2)c1)N1CCN(C2CC2)C(=O)C1. The van der Waals surface area contributed by atoms with E-state index < -0.39 is 0 Å². The molecule has 4 rings (SSSR count). The van der Waals surface area contributed by atoms with Crippen LogP contribution in [0.15, 0.2) is 41.9 Å². The number of carbonyl (C=O) groups is 1. The summed E-state index contributed by atoms with van der Waals surface area (Å²) in [6, 6.07) is 8.57. The third-order valence-electron chi connectivity index (χ3n) is 4.88. The largest absolute Gasteiger partial charge is 0.356 e. The molecule has 0 unspecified atom stereocenters. The lowest BCUT2D eigenvalue weighted by Gasteiger charge is -2.36. The minimum Gasteiger partial charge on any atom is -0.356 e. The van der Waals surface area contributed by atoms with E-state index >= 15 is 0 Å². The van der Waals surface area contributed by atoms with Crippen LogP contribution in [0.3, 0.4) is 0 Å². The second-order valence-corrected chi connectivity index (χ2v) is 6.92. The Morgan fingerprint density at radius 2 is 2.22 bits per heavy atom. The van der Waals surface area contributed by atoms with Crippen molar-refractivity contribution < 1.29 is 4.79 Å². The number of aliphatic imine (C=N–C) groups is 1. The number of carbonyl (C=O) groups excluding carboxylic acids is 1. The molecule has 1 amide bonds. The second kappa shape index (κ2) is 7.77. The standard InChI is InChI=1S/C19H25N7O/c1-2-21-19(24-8-9-25(16-6-7-16)18(27)12-24)22-11-15-4-3-5-17(10-15)26-14-20-13-23-26/h3-5,10,13-14,16H,2,6-9,11-12H2,1H3,(H,21,22). The molecule has 2 aromatic rings. The first-order chi connectivity index (χ1) is 13.2. The van der Waals surface area contributed by atoms with Gasteiger partial charge in [-0.05, 0) is 37.5 Å². The Hall–Kier alpha value is -2.90. The maximum Gasteiger partial charge on any atom is 0.242 e. The predicted octanol–water partition coefficient (Wildman–Crippen LogP) is 1.04. The quantitative estimate of drug-likeness (QED) is 0.631. The molecule has 1 saturated heterocycles. The van der Waals surface area contributed by atoms with Gasteiger partial charge in [0.15, 0.2) is 5.96 Å². The molecule has 142 valence electrons. The number of benzene rings is 1.